The van der Waals surface area contributed by atoms with Crippen LogP contribution in [0, 0.1) is 11.6 Å². The van der Waals surface area contributed by atoms with Gasteiger partial charge in [0, 0.05) is 37.1 Å². The second kappa shape index (κ2) is 10.5. The van der Waals surface area contributed by atoms with E-state index in [1.807, 2.05) is 18.7 Å². The second-order valence-electron chi connectivity index (χ2n) is 8.46. The van der Waals surface area contributed by atoms with Crippen molar-refractivity contribution in [1.82, 2.24) is 14.8 Å². The third kappa shape index (κ3) is 6.22. The van der Waals surface area contributed by atoms with Gasteiger partial charge in [0.15, 0.2) is 0 Å². The average Bonchev–Trinajstić information content (AvgIpc) is 3.24. The quantitative estimate of drug-likeness (QED) is 0.493. The van der Waals surface area contributed by atoms with Crippen molar-refractivity contribution in [2.75, 3.05) is 13.1 Å². The minimum absolute atomic E-state index is 0.0113. The summed E-state index contributed by atoms with van der Waals surface area (Å²) < 4.78 is 33.4. The van der Waals surface area contributed by atoms with Crippen molar-refractivity contribution in [3.63, 3.8) is 0 Å². The zero-order chi connectivity index (χ0) is 23.4. The highest BCUT2D eigenvalue weighted by Crippen LogP contribution is 2.21. The normalized spacial score (nSPS) is 18.6. The van der Waals surface area contributed by atoms with E-state index in [0.717, 1.165) is 10.6 Å². The lowest BCUT2D eigenvalue weighted by Gasteiger charge is -2.34. The number of morpholine rings is 1. The van der Waals surface area contributed by atoms with Crippen LogP contribution in [0.5, 0.6) is 0 Å². The van der Waals surface area contributed by atoms with Gasteiger partial charge in [0.25, 0.3) is 5.91 Å². The first kappa shape index (κ1) is 23.5. The summed E-state index contributed by atoms with van der Waals surface area (Å²) in [6, 6.07) is 12.9. The number of amides is 1. The van der Waals surface area contributed by atoms with Crippen molar-refractivity contribution < 1.29 is 18.3 Å². The fourth-order valence-corrected chi connectivity index (χ4v) is 4.87. The Morgan fingerprint density at radius 3 is 2.45 bits per heavy atom. The van der Waals surface area contributed by atoms with E-state index in [1.54, 1.807) is 40.6 Å². The minimum Gasteiger partial charge on any atom is -0.372 e. The molecule has 33 heavy (non-hydrogen) atoms. The Kier molecular flexibility index (Phi) is 7.47. The van der Waals surface area contributed by atoms with E-state index in [9.17, 15) is 13.6 Å². The second-order valence-corrected chi connectivity index (χ2v) is 9.40. The first-order valence-corrected chi connectivity index (χ1v) is 11.8. The molecule has 4 rings (SSSR count). The molecule has 0 spiro atoms. The Morgan fingerprint density at radius 1 is 1.06 bits per heavy atom. The molecule has 3 aromatic rings. The zero-order valence-electron chi connectivity index (χ0n) is 18.7. The summed E-state index contributed by atoms with van der Waals surface area (Å²) in [5, 5.41) is 2.55. The van der Waals surface area contributed by atoms with Crippen LogP contribution in [-0.2, 0) is 24.4 Å². The molecule has 0 bridgehead atoms. The fourth-order valence-electron chi connectivity index (χ4n) is 4.06. The monoisotopic (exact) mass is 471 g/mol. The van der Waals surface area contributed by atoms with E-state index < -0.39 is 0 Å². The Balaban J connectivity index is 1.49. The highest BCUT2D eigenvalue weighted by atomic mass is 32.1. The van der Waals surface area contributed by atoms with Crippen LogP contribution in [0.1, 0.15) is 40.5 Å². The summed E-state index contributed by atoms with van der Waals surface area (Å²) in [5.74, 6) is -0.667. The minimum atomic E-state index is -0.297. The number of carbonyl (C=O) groups excluding carboxylic acids is 1. The van der Waals surface area contributed by atoms with Crippen LogP contribution in [0.4, 0.5) is 8.78 Å². The summed E-state index contributed by atoms with van der Waals surface area (Å²) in [4.78, 5) is 21.4. The summed E-state index contributed by atoms with van der Waals surface area (Å²) in [7, 11) is 0. The van der Waals surface area contributed by atoms with E-state index in [2.05, 4.69) is 4.98 Å². The van der Waals surface area contributed by atoms with Crippen molar-refractivity contribution >= 4 is 17.2 Å². The molecule has 1 aromatic heterocycles. The van der Waals surface area contributed by atoms with Gasteiger partial charge in [-0.2, -0.15) is 0 Å². The molecule has 5 nitrogen and oxygen atoms in total. The molecule has 0 N–H and O–H groups in total. The number of aromatic nitrogens is 1. The van der Waals surface area contributed by atoms with Gasteiger partial charge in [-0.05, 0) is 37.6 Å². The van der Waals surface area contributed by atoms with E-state index >= 15 is 0 Å². The van der Waals surface area contributed by atoms with Crippen molar-refractivity contribution in [3.05, 3.63) is 87.4 Å². The number of halogens is 2. The Labute approximate surface area is 196 Å². The fraction of sp³-hybridized carbons (Fsp3) is 0.360. The van der Waals surface area contributed by atoms with E-state index in [1.165, 1.54) is 29.5 Å². The SMILES string of the molecule is CC1CN(C(=O)c2csc(CN(Cc3ccc(F)cc3)Cc3ccccc3F)n2)CC(C)O1. The van der Waals surface area contributed by atoms with Gasteiger partial charge in [-0.25, -0.2) is 13.8 Å². The maximum absolute atomic E-state index is 14.3. The highest BCUT2D eigenvalue weighted by Gasteiger charge is 2.28. The van der Waals surface area contributed by atoms with Gasteiger partial charge in [0.2, 0.25) is 0 Å². The maximum atomic E-state index is 14.3. The molecule has 1 amide bonds. The number of carbonyl (C=O) groups is 1. The highest BCUT2D eigenvalue weighted by molar-refractivity contribution is 7.09. The number of hydrogen-bond acceptors (Lipinski definition) is 5. The lowest BCUT2D eigenvalue weighted by Crippen LogP contribution is -2.48. The van der Waals surface area contributed by atoms with Crippen LogP contribution in [0.15, 0.2) is 53.9 Å². The molecule has 1 saturated heterocycles. The van der Waals surface area contributed by atoms with Gasteiger partial charge in [-0.1, -0.05) is 30.3 Å². The predicted molar refractivity (Wildman–Crippen MR) is 124 cm³/mol. The van der Waals surface area contributed by atoms with Crippen LogP contribution in [-0.4, -0.2) is 46.0 Å². The molecule has 0 radical (unpaired) electrons. The van der Waals surface area contributed by atoms with Crippen molar-refractivity contribution in [3.8, 4) is 0 Å². The molecule has 1 aliphatic rings. The first-order valence-electron chi connectivity index (χ1n) is 11.0. The van der Waals surface area contributed by atoms with Crippen LogP contribution in [0.3, 0.4) is 0 Å². The molecule has 2 heterocycles. The molecular formula is C25H27F2N3O2S. The number of thiazole rings is 1. The zero-order valence-corrected chi connectivity index (χ0v) is 19.5. The van der Waals surface area contributed by atoms with Gasteiger partial charge < -0.3 is 9.64 Å². The van der Waals surface area contributed by atoms with Gasteiger partial charge in [0.05, 0.1) is 18.8 Å². The maximum Gasteiger partial charge on any atom is 0.273 e. The van der Waals surface area contributed by atoms with Gasteiger partial charge >= 0.3 is 0 Å². The molecule has 0 aliphatic carbocycles. The average molecular weight is 472 g/mol. The summed E-state index contributed by atoms with van der Waals surface area (Å²) >= 11 is 1.41. The molecular weight excluding hydrogens is 444 g/mol. The number of rotatable bonds is 7. The number of hydrogen-bond donors (Lipinski definition) is 0. The van der Waals surface area contributed by atoms with Gasteiger partial charge in [-0.15, -0.1) is 11.3 Å². The van der Waals surface area contributed by atoms with Crippen LogP contribution in [0.2, 0.25) is 0 Å². The van der Waals surface area contributed by atoms with Gasteiger partial charge in [0.1, 0.15) is 22.3 Å². The smallest absolute Gasteiger partial charge is 0.273 e. The van der Waals surface area contributed by atoms with E-state index in [-0.39, 0.29) is 29.7 Å². The Hall–Kier alpha value is -2.68. The molecule has 174 valence electrons. The molecule has 8 heteroatoms. The molecule has 2 aromatic carbocycles. The van der Waals surface area contributed by atoms with Crippen molar-refractivity contribution in [2.24, 2.45) is 0 Å². The molecule has 1 fully saturated rings. The van der Waals surface area contributed by atoms with Crippen LogP contribution in [0.25, 0.3) is 0 Å². The van der Waals surface area contributed by atoms with Crippen LogP contribution >= 0.6 is 11.3 Å². The first-order chi connectivity index (χ1) is 15.9. The molecule has 2 unspecified atom stereocenters. The lowest BCUT2D eigenvalue weighted by atomic mass is 10.1. The van der Waals surface area contributed by atoms with Crippen molar-refractivity contribution in [1.29, 1.82) is 0 Å². The van der Waals surface area contributed by atoms with Gasteiger partial charge in [-0.3, -0.25) is 9.69 Å². The molecule has 1 aliphatic heterocycles. The molecule has 2 atom stereocenters. The molecule has 0 saturated carbocycles. The predicted octanol–water partition coefficient (Wildman–Crippen LogP) is 4.87. The van der Waals surface area contributed by atoms with Crippen LogP contribution < -0.4 is 0 Å². The lowest BCUT2D eigenvalue weighted by molar-refractivity contribution is -0.0587. The third-order valence-electron chi connectivity index (χ3n) is 5.51. The third-order valence-corrected chi connectivity index (χ3v) is 6.34. The summed E-state index contributed by atoms with van der Waals surface area (Å²) in [5.41, 5.74) is 1.91. The number of nitrogens with zero attached hydrogens (tertiary/aromatic N) is 3. The summed E-state index contributed by atoms with van der Waals surface area (Å²) in [6.45, 7) is 6.30. The van der Waals surface area contributed by atoms with Crippen molar-refractivity contribution in [2.45, 2.75) is 45.7 Å². The topological polar surface area (TPSA) is 45.7 Å². The Bertz CT molecular complexity index is 1080. The summed E-state index contributed by atoms with van der Waals surface area (Å²) in [6.07, 6.45) is -0.0226. The number of benzene rings is 2. The Morgan fingerprint density at radius 2 is 1.76 bits per heavy atom. The number of ether oxygens (including phenoxy) is 1. The largest absolute Gasteiger partial charge is 0.372 e. The van der Waals surface area contributed by atoms with E-state index in [4.69, 9.17) is 4.74 Å². The standard InChI is InChI=1S/C25H27F2N3O2S/c1-17-11-30(12-18(2)32-17)25(31)23-16-33-24(28-23)15-29(13-19-7-9-21(26)10-8-19)14-20-5-3-4-6-22(20)27/h3-10,16-18H,11-15H2,1-2H3. The van der Waals surface area contributed by atoms with E-state index in [0.29, 0.717) is 44.0 Å².